The van der Waals surface area contributed by atoms with Gasteiger partial charge in [-0.05, 0) is 36.0 Å². The van der Waals surface area contributed by atoms with Gasteiger partial charge in [0, 0.05) is 0 Å². The fraction of sp³-hybridized carbons (Fsp3) is 0.333. The number of halogens is 1. The van der Waals surface area contributed by atoms with Gasteiger partial charge in [-0.3, -0.25) is 14.9 Å². The molecular formula is C30H34FNO3. The second-order valence-corrected chi connectivity index (χ2v) is 9.28. The standard InChI is InChI=1S/C30H34FNO3/c1-21(2)20-26(29(34)35-4)27(31)28(33)22(3)32-30(23-14-8-5-9-15-23,24-16-10-6-11-17-24)25-18-12-7-13-19-25/h5-19,21-22,26-27,32H,20H2,1-4H3/t22-,26+,27-/m0/s1. The van der Waals surface area contributed by atoms with E-state index >= 15 is 4.39 Å². The Morgan fingerprint density at radius 3 is 1.54 bits per heavy atom. The van der Waals surface area contributed by atoms with Crippen molar-refractivity contribution in [2.24, 2.45) is 11.8 Å². The van der Waals surface area contributed by atoms with Crippen molar-refractivity contribution >= 4 is 11.8 Å². The first-order valence-electron chi connectivity index (χ1n) is 12.0. The van der Waals surface area contributed by atoms with E-state index in [0.29, 0.717) is 0 Å². The molecule has 0 fully saturated rings. The molecule has 0 heterocycles. The highest BCUT2D eigenvalue weighted by Gasteiger charge is 2.42. The van der Waals surface area contributed by atoms with E-state index in [1.807, 2.05) is 105 Å². The monoisotopic (exact) mass is 475 g/mol. The van der Waals surface area contributed by atoms with E-state index < -0.39 is 35.4 Å². The van der Waals surface area contributed by atoms with Crippen molar-refractivity contribution in [1.82, 2.24) is 5.32 Å². The van der Waals surface area contributed by atoms with Gasteiger partial charge in [-0.2, -0.15) is 0 Å². The van der Waals surface area contributed by atoms with Crippen LogP contribution >= 0.6 is 0 Å². The maximum atomic E-state index is 15.6. The molecule has 35 heavy (non-hydrogen) atoms. The summed E-state index contributed by atoms with van der Waals surface area (Å²) in [7, 11) is 1.22. The number of nitrogens with one attached hydrogen (secondary N) is 1. The van der Waals surface area contributed by atoms with Crippen LogP contribution in [0.5, 0.6) is 0 Å². The smallest absolute Gasteiger partial charge is 0.312 e. The average molecular weight is 476 g/mol. The molecule has 184 valence electrons. The van der Waals surface area contributed by atoms with Gasteiger partial charge in [0.25, 0.3) is 0 Å². The molecule has 0 saturated carbocycles. The van der Waals surface area contributed by atoms with Crippen molar-refractivity contribution < 1.29 is 18.7 Å². The van der Waals surface area contributed by atoms with Crippen LogP contribution < -0.4 is 5.32 Å². The normalized spacial score (nSPS) is 14.2. The number of Topliss-reactive ketones (excluding diaryl/α,β-unsaturated/α-hetero) is 1. The molecule has 0 aliphatic heterocycles. The molecular weight excluding hydrogens is 441 g/mol. The number of ketones is 1. The summed E-state index contributed by atoms with van der Waals surface area (Å²) >= 11 is 0. The maximum absolute atomic E-state index is 15.6. The van der Waals surface area contributed by atoms with Crippen LogP contribution in [-0.2, 0) is 19.9 Å². The van der Waals surface area contributed by atoms with Gasteiger partial charge in [0.05, 0.1) is 24.6 Å². The summed E-state index contributed by atoms with van der Waals surface area (Å²) in [6, 6.07) is 28.5. The van der Waals surface area contributed by atoms with Gasteiger partial charge in [0.15, 0.2) is 12.0 Å². The van der Waals surface area contributed by atoms with Crippen LogP contribution in [0.25, 0.3) is 0 Å². The number of ether oxygens (including phenoxy) is 1. The lowest BCUT2D eigenvalue weighted by Gasteiger charge is -2.39. The first-order chi connectivity index (χ1) is 16.8. The molecule has 0 aliphatic carbocycles. The highest BCUT2D eigenvalue weighted by molar-refractivity contribution is 5.92. The maximum Gasteiger partial charge on any atom is 0.312 e. The van der Waals surface area contributed by atoms with Gasteiger partial charge < -0.3 is 4.74 Å². The van der Waals surface area contributed by atoms with E-state index in [1.165, 1.54) is 7.11 Å². The Bertz CT molecular complexity index is 990. The Labute approximate surface area is 207 Å². The molecule has 4 nitrogen and oxygen atoms in total. The number of methoxy groups -OCH3 is 1. The molecule has 3 aromatic rings. The van der Waals surface area contributed by atoms with E-state index in [-0.39, 0.29) is 12.3 Å². The molecule has 3 rings (SSSR count). The number of hydrogen-bond acceptors (Lipinski definition) is 4. The SMILES string of the molecule is COC(=O)[C@H](CC(C)C)[C@H](F)C(=O)[C@H](C)NC(c1ccccc1)(c1ccccc1)c1ccccc1. The highest BCUT2D eigenvalue weighted by Crippen LogP contribution is 2.37. The van der Waals surface area contributed by atoms with Crippen molar-refractivity contribution in [2.45, 2.75) is 44.9 Å². The summed E-state index contributed by atoms with van der Waals surface area (Å²) < 4.78 is 20.4. The highest BCUT2D eigenvalue weighted by atomic mass is 19.1. The predicted octanol–water partition coefficient (Wildman–Crippen LogP) is 5.70. The van der Waals surface area contributed by atoms with Crippen LogP contribution in [0, 0.1) is 11.8 Å². The van der Waals surface area contributed by atoms with Crippen LogP contribution in [0.2, 0.25) is 0 Å². The van der Waals surface area contributed by atoms with Gasteiger partial charge in [-0.1, -0.05) is 105 Å². The van der Waals surface area contributed by atoms with Gasteiger partial charge in [-0.25, -0.2) is 4.39 Å². The number of alkyl halides is 1. The largest absolute Gasteiger partial charge is 0.469 e. The Morgan fingerprint density at radius 2 is 1.20 bits per heavy atom. The zero-order chi connectivity index (χ0) is 25.4. The van der Waals surface area contributed by atoms with Crippen molar-refractivity contribution in [2.75, 3.05) is 7.11 Å². The van der Waals surface area contributed by atoms with Crippen molar-refractivity contribution in [1.29, 1.82) is 0 Å². The predicted molar refractivity (Wildman–Crippen MR) is 137 cm³/mol. The molecule has 0 aromatic heterocycles. The van der Waals surface area contributed by atoms with Crippen molar-refractivity contribution in [3.05, 3.63) is 108 Å². The summed E-state index contributed by atoms with van der Waals surface area (Å²) in [4.78, 5) is 25.7. The molecule has 0 aliphatic rings. The third-order valence-corrected chi connectivity index (χ3v) is 6.33. The lowest BCUT2D eigenvalue weighted by Crippen LogP contribution is -2.54. The number of rotatable bonds is 11. The fourth-order valence-corrected chi connectivity index (χ4v) is 4.64. The van der Waals surface area contributed by atoms with E-state index in [9.17, 15) is 9.59 Å². The number of esters is 1. The molecule has 0 bridgehead atoms. The molecule has 3 aromatic carbocycles. The third kappa shape index (κ3) is 5.85. The zero-order valence-electron chi connectivity index (χ0n) is 20.8. The lowest BCUT2D eigenvalue weighted by atomic mass is 9.76. The van der Waals surface area contributed by atoms with Crippen LogP contribution in [0.4, 0.5) is 4.39 Å². The minimum absolute atomic E-state index is 0.0328. The van der Waals surface area contributed by atoms with Crippen molar-refractivity contribution in [3.63, 3.8) is 0 Å². The van der Waals surface area contributed by atoms with Crippen molar-refractivity contribution in [3.8, 4) is 0 Å². The summed E-state index contributed by atoms with van der Waals surface area (Å²) in [6.07, 6.45) is -1.75. The van der Waals surface area contributed by atoms with E-state index in [2.05, 4.69) is 5.32 Å². The fourth-order valence-electron chi connectivity index (χ4n) is 4.64. The quantitative estimate of drug-likeness (QED) is 0.286. The summed E-state index contributed by atoms with van der Waals surface area (Å²) in [5.41, 5.74) is 1.83. The third-order valence-electron chi connectivity index (χ3n) is 6.33. The lowest BCUT2D eigenvalue weighted by molar-refractivity contribution is -0.151. The number of hydrogen-bond donors (Lipinski definition) is 1. The molecule has 3 atom stereocenters. The molecule has 0 saturated heterocycles. The second kappa shape index (κ2) is 11.9. The zero-order valence-corrected chi connectivity index (χ0v) is 20.8. The van der Waals surface area contributed by atoms with E-state index in [1.54, 1.807) is 6.92 Å². The molecule has 5 heteroatoms. The summed E-state index contributed by atoms with van der Waals surface area (Å²) in [5, 5.41) is 3.48. The Hall–Kier alpha value is -3.31. The van der Waals surface area contributed by atoms with Crippen LogP contribution in [0.1, 0.15) is 43.9 Å². The Kier molecular flexibility index (Phi) is 8.94. The molecule has 0 radical (unpaired) electrons. The van der Waals surface area contributed by atoms with Gasteiger partial charge in [-0.15, -0.1) is 0 Å². The topological polar surface area (TPSA) is 55.4 Å². The minimum atomic E-state index is -1.98. The Balaban J connectivity index is 2.08. The first kappa shape index (κ1) is 26.3. The van der Waals surface area contributed by atoms with Gasteiger partial charge in [0.1, 0.15) is 0 Å². The van der Waals surface area contributed by atoms with Gasteiger partial charge >= 0.3 is 5.97 Å². The van der Waals surface area contributed by atoms with Crippen LogP contribution in [-0.4, -0.2) is 31.1 Å². The summed E-state index contributed by atoms with van der Waals surface area (Å²) in [5.74, 6) is -2.48. The number of benzene rings is 3. The number of carbonyl (C=O) groups excluding carboxylic acids is 2. The van der Waals surface area contributed by atoms with E-state index in [0.717, 1.165) is 16.7 Å². The average Bonchev–Trinajstić information content (AvgIpc) is 2.90. The summed E-state index contributed by atoms with van der Waals surface area (Å²) in [6.45, 7) is 5.43. The first-order valence-corrected chi connectivity index (χ1v) is 12.0. The van der Waals surface area contributed by atoms with Gasteiger partial charge in [0.2, 0.25) is 0 Å². The molecule has 1 N–H and O–H groups in total. The second-order valence-electron chi connectivity index (χ2n) is 9.28. The van der Waals surface area contributed by atoms with E-state index in [4.69, 9.17) is 4.74 Å². The minimum Gasteiger partial charge on any atom is -0.469 e. The Morgan fingerprint density at radius 1 is 0.800 bits per heavy atom. The molecule has 0 unspecified atom stereocenters. The molecule has 0 spiro atoms. The molecule has 0 amide bonds. The van der Waals surface area contributed by atoms with Crippen LogP contribution in [0.15, 0.2) is 91.0 Å². The van der Waals surface area contributed by atoms with Crippen LogP contribution in [0.3, 0.4) is 0 Å². The number of carbonyl (C=O) groups is 2.